The van der Waals surface area contributed by atoms with Gasteiger partial charge in [0, 0.05) is 5.56 Å². The molecule has 0 spiro atoms. The fourth-order valence-corrected chi connectivity index (χ4v) is 3.38. The first kappa shape index (κ1) is 19.0. The van der Waals surface area contributed by atoms with Gasteiger partial charge < -0.3 is 14.8 Å². The molecule has 1 aromatic carbocycles. The van der Waals surface area contributed by atoms with Crippen LogP contribution in [0.25, 0.3) is 0 Å². The number of hydrogen-bond acceptors (Lipinski definition) is 5. The molecule has 1 heterocycles. The van der Waals surface area contributed by atoms with Crippen LogP contribution in [0.1, 0.15) is 47.1 Å². The number of nitrogens with one attached hydrogen (secondary N) is 1. The van der Waals surface area contributed by atoms with E-state index in [1.165, 1.54) is 11.3 Å². The first-order valence-corrected chi connectivity index (χ1v) is 9.07. The Balaban J connectivity index is 2.26. The summed E-state index contributed by atoms with van der Waals surface area (Å²) in [4.78, 5) is 24.8. The molecule has 0 bridgehead atoms. The number of methoxy groups -OCH3 is 1. The van der Waals surface area contributed by atoms with Crippen LogP contribution in [-0.2, 0) is 11.2 Å². The molecule has 0 radical (unpaired) electrons. The van der Waals surface area contributed by atoms with Crippen LogP contribution < -0.4 is 10.1 Å². The second kappa shape index (κ2) is 8.67. The number of benzene rings is 1. The van der Waals surface area contributed by atoms with Gasteiger partial charge in [0.15, 0.2) is 0 Å². The fraction of sp³-hybridized carbons (Fsp3) is 0.368. The van der Waals surface area contributed by atoms with Gasteiger partial charge in [-0.15, -0.1) is 11.3 Å². The van der Waals surface area contributed by atoms with Crippen LogP contribution in [0.4, 0.5) is 5.00 Å². The second-order valence-electron chi connectivity index (χ2n) is 5.97. The van der Waals surface area contributed by atoms with Crippen LogP contribution in [0.5, 0.6) is 5.75 Å². The zero-order valence-electron chi connectivity index (χ0n) is 14.9. The molecule has 0 saturated carbocycles. The number of carbonyl (C=O) groups is 2. The summed E-state index contributed by atoms with van der Waals surface area (Å²) in [7, 11) is 1.57. The van der Waals surface area contributed by atoms with Crippen molar-refractivity contribution in [2.45, 2.75) is 27.2 Å². The summed E-state index contributed by atoms with van der Waals surface area (Å²) in [5, 5.41) is 5.27. The molecule has 1 N–H and O–H groups in total. The molecule has 2 rings (SSSR count). The Morgan fingerprint density at radius 2 is 1.88 bits per heavy atom. The van der Waals surface area contributed by atoms with E-state index < -0.39 is 5.97 Å². The van der Waals surface area contributed by atoms with Crippen LogP contribution in [0.2, 0.25) is 0 Å². The second-order valence-corrected chi connectivity index (χ2v) is 6.85. The lowest BCUT2D eigenvalue weighted by Crippen LogP contribution is -2.15. The summed E-state index contributed by atoms with van der Waals surface area (Å²) >= 11 is 1.35. The van der Waals surface area contributed by atoms with E-state index in [9.17, 15) is 9.59 Å². The van der Waals surface area contributed by atoms with E-state index in [1.54, 1.807) is 38.3 Å². The number of rotatable bonds is 7. The molecule has 134 valence electrons. The molecule has 25 heavy (non-hydrogen) atoms. The lowest BCUT2D eigenvalue weighted by atomic mass is 10.0. The molecule has 0 aliphatic carbocycles. The highest BCUT2D eigenvalue weighted by Gasteiger charge is 2.22. The Morgan fingerprint density at radius 3 is 2.44 bits per heavy atom. The number of thiophene rings is 1. The molecule has 0 unspecified atom stereocenters. The normalized spacial score (nSPS) is 10.6. The van der Waals surface area contributed by atoms with Crippen molar-refractivity contribution >= 4 is 28.2 Å². The highest BCUT2D eigenvalue weighted by molar-refractivity contribution is 7.15. The summed E-state index contributed by atoms with van der Waals surface area (Å²) in [5.41, 5.74) is 1.86. The smallest absolute Gasteiger partial charge is 0.341 e. The van der Waals surface area contributed by atoms with Gasteiger partial charge in [0.2, 0.25) is 0 Å². The van der Waals surface area contributed by atoms with Crippen LogP contribution in [0, 0.1) is 5.92 Å². The van der Waals surface area contributed by atoms with E-state index in [1.807, 2.05) is 5.38 Å². The molecule has 0 saturated heterocycles. The van der Waals surface area contributed by atoms with Crippen molar-refractivity contribution in [3.8, 4) is 5.75 Å². The molecular weight excluding hydrogens is 338 g/mol. The number of ether oxygens (including phenoxy) is 2. The van der Waals surface area contributed by atoms with Crippen molar-refractivity contribution < 1.29 is 19.1 Å². The SMILES string of the molecule is CCOC(=O)c1c(CC(C)C)csc1NC(=O)c1ccc(OC)cc1. The predicted octanol–water partition coefficient (Wildman–Crippen LogP) is 4.38. The van der Waals surface area contributed by atoms with Crippen LogP contribution >= 0.6 is 11.3 Å². The third-order valence-corrected chi connectivity index (χ3v) is 4.50. The van der Waals surface area contributed by atoms with Crippen molar-refractivity contribution in [2.75, 3.05) is 19.0 Å². The number of carbonyl (C=O) groups excluding carboxylic acids is 2. The van der Waals surface area contributed by atoms with Crippen molar-refractivity contribution in [3.63, 3.8) is 0 Å². The summed E-state index contributed by atoms with van der Waals surface area (Å²) in [5.74, 6) is 0.405. The van der Waals surface area contributed by atoms with E-state index in [0.717, 1.165) is 12.0 Å². The third kappa shape index (κ3) is 4.82. The van der Waals surface area contributed by atoms with E-state index in [0.29, 0.717) is 34.4 Å². The lowest BCUT2D eigenvalue weighted by molar-refractivity contribution is 0.0527. The highest BCUT2D eigenvalue weighted by Crippen LogP contribution is 2.31. The topological polar surface area (TPSA) is 64.6 Å². The highest BCUT2D eigenvalue weighted by atomic mass is 32.1. The maximum Gasteiger partial charge on any atom is 0.341 e. The molecule has 0 atom stereocenters. The van der Waals surface area contributed by atoms with Crippen LogP contribution in [-0.4, -0.2) is 25.6 Å². The van der Waals surface area contributed by atoms with Crippen LogP contribution in [0.3, 0.4) is 0 Å². The maximum absolute atomic E-state index is 12.5. The molecule has 0 fully saturated rings. The summed E-state index contributed by atoms with van der Waals surface area (Å²) < 4.78 is 10.3. The lowest BCUT2D eigenvalue weighted by Gasteiger charge is -2.10. The minimum Gasteiger partial charge on any atom is -0.497 e. The summed E-state index contributed by atoms with van der Waals surface area (Å²) in [6.45, 7) is 6.23. The number of hydrogen-bond donors (Lipinski definition) is 1. The van der Waals surface area contributed by atoms with Crippen LogP contribution in [0.15, 0.2) is 29.6 Å². The average Bonchev–Trinajstić information content (AvgIpc) is 2.96. The molecule has 1 aromatic heterocycles. The minimum atomic E-state index is -0.399. The number of esters is 1. The first-order valence-electron chi connectivity index (χ1n) is 8.19. The van der Waals surface area contributed by atoms with Crippen molar-refractivity contribution in [3.05, 3.63) is 46.3 Å². The quantitative estimate of drug-likeness (QED) is 0.743. The van der Waals surface area contributed by atoms with Gasteiger partial charge in [-0.05, 0) is 54.5 Å². The minimum absolute atomic E-state index is 0.272. The van der Waals surface area contributed by atoms with E-state index in [-0.39, 0.29) is 5.91 Å². The van der Waals surface area contributed by atoms with Gasteiger partial charge in [0.1, 0.15) is 10.8 Å². The average molecular weight is 361 g/mol. The maximum atomic E-state index is 12.5. The standard InChI is InChI=1S/C19H23NO4S/c1-5-24-19(22)16-14(10-12(2)3)11-25-18(16)20-17(21)13-6-8-15(23-4)9-7-13/h6-9,11-12H,5,10H2,1-4H3,(H,20,21). The zero-order chi connectivity index (χ0) is 18.4. The molecule has 1 amide bonds. The Kier molecular flexibility index (Phi) is 6.58. The number of amides is 1. The fourth-order valence-electron chi connectivity index (χ4n) is 2.42. The molecule has 5 nitrogen and oxygen atoms in total. The van der Waals surface area contributed by atoms with Gasteiger partial charge in [-0.1, -0.05) is 13.8 Å². The third-order valence-electron chi connectivity index (χ3n) is 3.55. The van der Waals surface area contributed by atoms with Crippen molar-refractivity contribution in [2.24, 2.45) is 5.92 Å². The Bertz CT molecular complexity index is 734. The summed E-state index contributed by atoms with van der Waals surface area (Å²) in [6.07, 6.45) is 0.753. The van der Waals surface area contributed by atoms with Gasteiger partial charge >= 0.3 is 5.97 Å². The molecule has 0 aliphatic heterocycles. The zero-order valence-corrected chi connectivity index (χ0v) is 15.7. The number of anilines is 1. The predicted molar refractivity (Wildman–Crippen MR) is 99.8 cm³/mol. The summed E-state index contributed by atoms with van der Waals surface area (Å²) in [6, 6.07) is 6.81. The monoisotopic (exact) mass is 361 g/mol. The van der Waals surface area contributed by atoms with E-state index in [4.69, 9.17) is 9.47 Å². The van der Waals surface area contributed by atoms with Gasteiger partial charge in [0.25, 0.3) is 5.91 Å². The largest absolute Gasteiger partial charge is 0.497 e. The molecule has 0 aliphatic rings. The Hall–Kier alpha value is -2.34. The Labute approximate surface area is 152 Å². The van der Waals surface area contributed by atoms with Gasteiger partial charge in [-0.25, -0.2) is 4.79 Å². The van der Waals surface area contributed by atoms with Gasteiger partial charge in [-0.2, -0.15) is 0 Å². The molecular formula is C19H23NO4S. The first-order chi connectivity index (χ1) is 12.0. The van der Waals surface area contributed by atoms with E-state index >= 15 is 0 Å². The van der Waals surface area contributed by atoms with E-state index in [2.05, 4.69) is 19.2 Å². The molecule has 2 aromatic rings. The molecule has 6 heteroatoms. The Morgan fingerprint density at radius 1 is 1.20 bits per heavy atom. The van der Waals surface area contributed by atoms with Gasteiger partial charge in [0.05, 0.1) is 19.3 Å². The van der Waals surface area contributed by atoms with Crippen molar-refractivity contribution in [1.29, 1.82) is 0 Å². The van der Waals surface area contributed by atoms with Crippen molar-refractivity contribution in [1.82, 2.24) is 0 Å². The van der Waals surface area contributed by atoms with Gasteiger partial charge in [-0.3, -0.25) is 4.79 Å².